The minimum atomic E-state index is -4.62. The number of halogens is 3. The van der Waals surface area contributed by atoms with E-state index in [-0.39, 0.29) is 17.5 Å². The van der Waals surface area contributed by atoms with E-state index in [0.29, 0.717) is 38.3 Å². The predicted octanol–water partition coefficient (Wildman–Crippen LogP) is 0.723. The third-order valence-electron chi connectivity index (χ3n) is 6.02. The Bertz CT molecular complexity index is 901. The van der Waals surface area contributed by atoms with Gasteiger partial charge in [-0.05, 0) is 32.0 Å². The summed E-state index contributed by atoms with van der Waals surface area (Å²) in [6.45, 7) is 6.72. The summed E-state index contributed by atoms with van der Waals surface area (Å²) in [4.78, 5) is 19.1. The normalized spacial score (nSPS) is 19.8. The monoisotopic (exact) mass is 440 g/mol. The van der Waals surface area contributed by atoms with Crippen LogP contribution in [0.2, 0.25) is 0 Å². The molecule has 2 aliphatic rings. The van der Waals surface area contributed by atoms with Gasteiger partial charge >= 0.3 is 6.18 Å². The summed E-state index contributed by atoms with van der Waals surface area (Å²) in [5.41, 5.74) is 0.0469. The zero-order chi connectivity index (χ0) is 22.0. The molecule has 0 unspecified atom stereocenters. The van der Waals surface area contributed by atoms with Crippen LogP contribution in [0.5, 0.6) is 0 Å². The maximum atomic E-state index is 13.1. The Morgan fingerprint density at radius 1 is 1.10 bits per heavy atom. The van der Waals surface area contributed by atoms with Gasteiger partial charge in [0.05, 0.1) is 0 Å². The molecular formula is C19H27F3N8O. The number of piperazine rings is 1. The zero-order valence-electron chi connectivity index (χ0n) is 17.5. The van der Waals surface area contributed by atoms with Gasteiger partial charge in [-0.25, -0.2) is 0 Å². The maximum absolute atomic E-state index is 13.1. The fraction of sp³-hybridized carbons (Fsp3) is 0.684. The standard InChI is InChI=1S/C19H27F3N8O/c1-27-10-12-28(13-11-27)9-6-23-17(31)14-4-7-29(8-5-14)16-3-2-15-24-25-18(19(20,21)22)30(15)26-16/h2-3,14H,4-13H2,1H3,(H,23,31). The first-order chi connectivity index (χ1) is 14.8. The first kappa shape index (κ1) is 21.8. The number of carbonyl (C=O) groups excluding carboxylic acids is 1. The molecule has 2 aliphatic heterocycles. The van der Waals surface area contributed by atoms with Crippen LogP contribution in [0.3, 0.4) is 0 Å². The van der Waals surface area contributed by atoms with Crippen LogP contribution < -0.4 is 10.2 Å². The van der Waals surface area contributed by atoms with E-state index >= 15 is 0 Å². The van der Waals surface area contributed by atoms with Crippen molar-refractivity contribution >= 4 is 17.4 Å². The van der Waals surface area contributed by atoms with E-state index in [0.717, 1.165) is 37.2 Å². The molecule has 0 aliphatic carbocycles. The number of nitrogens with one attached hydrogen (secondary N) is 1. The van der Waals surface area contributed by atoms with Crippen molar-refractivity contribution in [2.45, 2.75) is 19.0 Å². The molecule has 0 spiro atoms. The second kappa shape index (κ2) is 8.95. The highest BCUT2D eigenvalue weighted by Crippen LogP contribution is 2.28. The van der Waals surface area contributed by atoms with E-state index in [1.807, 2.05) is 4.90 Å². The molecule has 2 aromatic rings. The molecule has 0 aromatic carbocycles. The number of piperidine rings is 1. The molecule has 1 N–H and O–H groups in total. The van der Waals surface area contributed by atoms with Crippen molar-refractivity contribution < 1.29 is 18.0 Å². The van der Waals surface area contributed by atoms with E-state index in [2.05, 4.69) is 37.5 Å². The Hall–Kier alpha value is -2.47. The molecular weight excluding hydrogens is 413 g/mol. The van der Waals surface area contributed by atoms with Crippen molar-refractivity contribution in [2.24, 2.45) is 5.92 Å². The average molecular weight is 440 g/mol. The van der Waals surface area contributed by atoms with Crippen molar-refractivity contribution in [3.8, 4) is 0 Å². The van der Waals surface area contributed by atoms with E-state index < -0.39 is 12.0 Å². The van der Waals surface area contributed by atoms with Gasteiger partial charge in [-0.3, -0.25) is 9.69 Å². The molecule has 170 valence electrons. The lowest BCUT2D eigenvalue weighted by Gasteiger charge is -2.33. The smallest absolute Gasteiger partial charge is 0.355 e. The summed E-state index contributed by atoms with van der Waals surface area (Å²) >= 11 is 0. The molecule has 4 heterocycles. The molecule has 1 amide bonds. The number of likely N-dealkylation sites (N-methyl/N-ethyl adjacent to an activating group) is 1. The minimum Gasteiger partial charge on any atom is -0.355 e. The number of hydrogen-bond donors (Lipinski definition) is 1. The lowest BCUT2D eigenvalue weighted by atomic mass is 9.96. The molecule has 2 fully saturated rings. The largest absolute Gasteiger partial charge is 0.453 e. The first-order valence-corrected chi connectivity index (χ1v) is 10.5. The highest BCUT2D eigenvalue weighted by molar-refractivity contribution is 5.79. The van der Waals surface area contributed by atoms with Crippen LogP contribution in [0, 0.1) is 5.92 Å². The van der Waals surface area contributed by atoms with Crippen molar-refractivity contribution in [3.05, 3.63) is 18.0 Å². The second-order valence-corrected chi connectivity index (χ2v) is 8.18. The number of alkyl halides is 3. The molecule has 12 heteroatoms. The lowest BCUT2D eigenvalue weighted by molar-refractivity contribution is -0.146. The Labute approximate surface area is 178 Å². The fourth-order valence-corrected chi connectivity index (χ4v) is 4.05. The lowest BCUT2D eigenvalue weighted by Crippen LogP contribution is -2.48. The Balaban J connectivity index is 1.28. The highest BCUT2D eigenvalue weighted by atomic mass is 19.4. The van der Waals surface area contributed by atoms with Crippen LogP contribution in [-0.2, 0) is 11.0 Å². The fourth-order valence-electron chi connectivity index (χ4n) is 4.05. The van der Waals surface area contributed by atoms with Crippen molar-refractivity contribution in [1.29, 1.82) is 0 Å². The van der Waals surface area contributed by atoms with Gasteiger partial charge in [0.15, 0.2) is 5.65 Å². The SMILES string of the molecule is CN1CCN(CCNC(=O)C2CCN(c3ccc4nnc(C(F)(F)F)n4n3)CC2)CC1. The molecule has 9 nitrogen and oxygen atoms in total. The third-order valence-corrected chi connectivity index (χ3v) is 6.02. The van der Waals surface area contributed by atoms with Crippen molar-refractivity contribution in [3.63, 3.8) is 0 Å². The Morgan fingerprint density at radius 2 is 1.81 bits per heavy atom. The van der Waals surface area contributed by atoms with E-state index in [4.69, 9.17) is 0 Å². The molecule has 0 bridgehead atoms. The highest BCUT2D eigenvalue weighted by Gasteiger charge is 2.38. The number of amides is 1. The summed E-state index contributed by atoms with van der Waals surface area (Å²) < 4.78 is 40.0. The maximum Gasteiger partial charge on any atom is 0.453 e. The van der Waals surface area contributed by atoms with Gasteiger partial charge in [-0.1, -0.05) is 0 Å². The first-order valence-electron chi connectivity index (χ1n) is 10.5. The van der Waals surface area contributed by atoms with Crippen LogP contribution in [0.25, 0.3) is 5.65 Å². The van der Waals surface area contributed by atoms with E-state index in [1.165, 1.54) is 6.07 Å². The molecule has 31 heavy (non-hydrogen) atoms. The van der Waals surface area contributed by atoms with E-state index in [1.54, 1.807) is 6.07 Å². The summed E-state index contributed by atoms with van der Waals surface area (Å²) in [5.74, 6) is -0.755. The zero-order valence-corrected chi connectivity index (χ0v) is 17.5. The van der Waals surface area contributed by atoms with Crippen LogP contribution >= 0.6 is 0 Å². The minimum absolute atomic E-state index is 0.0469. The summed E-state index contributed by atoms with van der Waals surface area (Å²) in [6, 6.07) is 3.11. The Kier molecular flexibility index (Phi) is 6.28. The number of hydrogen-bond acceptors (Lipinski definition) is 7. The topological polar surface area (TPSA) is 81.9 Å². The summed E-state index contributed by atoms with van der Waals surface area (Å²) in [5, 5.41) is 13.9. The van der Waals surface area contributed by atoms with Crippen molar-refractivity contribution in [2.75, 3.05) is 64.3 Å². The number of aromatic nitrogens is 4. The number of fused-ring (bicyclic) bond motifs is 1. The van der Waals surface area contributed by atoms with E-state index in [9.17, 15) is 18.0 Å². The number of anilines is 1. The summed E-state index contributed by atoms with van der Waals surface area (Å²) in [6.07, 6.45) is -3.36. The second-order valence-electron chi connectivity index (χ2n) is 8.18. The van der Waals surface area contributed by atoms with Gasteiger partial charge in [-0.2, -0.15) is 17.7 Å². The van der Waals surface area contributed by atoms with Crippen molar-refractivity contribution in [1.82, 2.24) is 34.9 Å². The predicted molar refractivity (Wildman–Crippen MR) is 108 cm³/mol. The Morgan fingerprint density at radius 3 is 2.48 bits per heavy atom. The third kappa shape index (κ3) is 5.06. The van der Waals surface area contributed by atoms with Gasteiger partial charge in [0.25, 0.3) is 5.82 Å². The molecule has 2 saturated heterocycles. The summed E-state index contributed by atoms with van der Waals surface area (Å²) in [7, 11) is 2.11. The molecule has 0 saturated carbocycles. The van der Waals surface area contributed by atoms with Gasteiger partial charge < -0.3 is 15.1 Å². The van der Waals surface area contributed by atoms with Crippen LogP contribution in [0.1, 0.15) is 18.7 Å². The quantitative estimate of drug-likeness (QED) is 0.734. The number of nitrogens with zero attached hydrogens (tertiary/aromatic N) is 7. The van der Waals surface area contributed by atoms with Gasteiger partial charge in [0.2, 0.25) is 5.91 Å². The van der Waals surface area contributed by atoms with Crippen LogP contribution in [-0.4, -0.2) is 94.9 Å². The van der Waals surface area contributed by atoms with Gasteiger partial charge in [-0.15, -0.1) is 15.3 Å². The molecule has 4 rings (SSSR count). The molecule has 2 aromatic heterocycles. The molecule has 0 radical (unpaired) electrons. The van der Waals surface area contributed by atoms with Gasteiger partial charge in [0, 0.05) is 58.3 Å². The molecule has 0 atom stereocenters. The van der Waals surface area contributed by atoms with Crippen LogP contribution in [0.4, 0.5) is 19.0 Å². The average Bonchev–Trinajstić information content (AvgIpc) is 3.19. The number of carbonyl (C=O) groups is 1. The number of rotatable bonds is 5. The van der Waals surface area contributed by atoms with Gasteiger partial charge in [0.1, 0.15) is 5.82 Å². The van der Waals surface area contributed by atoms with Crippen LogP contribution in [0.15, 0.2) is 12.1 Å².